The zero-order chi connectivity index (χ0) is 22.6. The molecule has 9 heteroatoms. The molecule has 2 N–H and O–H groups in total. The van der Waals surface area contributed by atoms with Gasteiger partial charge in [0.15, 0.2) is 0 Å². The smallest absolute Gasteiger partial charge is 0.251 e. The monoisotopic (exact) mass is 456 g/mol. The van der Waals surface area contributed by atoms with Gasteiger partial charge in [-0.15, -0.1) is 0 Å². The topological polar surface area (TPSA) is 98.8 Å². The molecule has 170 valence electrons. The summed E-state index contributed by atoms with van der Waals surface area (Å²) in [5.74, 6) is -0.210. The Kier molecular flexibility index (Phi) is 6.76. The van der Waals surface area contributed by atoms with Crippen LogP contribution in [0.25, 0.3) is 0 Å². The number of para-hydroxylation sites is 1. The molecule has 0 aromatic heterocycles. The van der Waals surface area contributed by atoms with Crippen molar-refractivity contribution in [3.05, 3.63) is 60.2 Å². The highest BCUT2D eigenvalue weighted by atomic mass is 32.2. The number of anilines is 1. The minimum absolute atomic E-state index is 0.0501. The van der Waals surface area contributed by atoms with Gasteiger partial charge >= 0.3 is 0 Å². The van der Waals surface area contributed by atoms with Crippen LogP contribution in [-0.4, -0.2) is 64.4 Å². The molecule has 0 atom stereocenters. The minimum atomic E-state index is -3.66. The number of hydrogen-bond acceptors (Lipinski definition) is 5. The largest absolute Gasteiger partial charge is 0.368 e. The lowest BCUT2D eigenvalue weighted by Crippen LogP contribution is -2.51. The maximum Gasteiger partial charge on any atom is 0.251 e. The van der Waals surface area contributed by atoms with E-state index in [9.17, 15) is 18.0 Å². The van der Waals surface area contributed by atoms with E-state index < -0.39 is 15.9 Å². The molecule has 0 radical (unpaired) electrons. The molecule has 0 spiro atoms. The molecule has 2 aliphatic rings. The Hall–Kier alpha value is -2.91. The molecule has 1 saturated carbocycles. The first-order valence-electron chi connectivity index (χ1n) is 10.9. The van der Waals surface area contributed by atoms with Crippen molar-refractivity contribution in [2.24, 2.45) is 5.92 Å². The first-order valence-corrected chi connectivity index (χ1v) is 12.4. The molecule has 0 bridgehead atoms. The third-order valence-electron chi connectivity index (χ3n) is 5.82. The van der Waals surface area contributed by atoms with Crippen LogP contribution in [-0.2, 0) is 14.8 Å². The van der Waals surface area contributed by atoms with E-state index in [-0.39, 0.29) is 22.9 Å². The van der Waals surface area contributed by atoms with E-state index >= 15 is 0 Å². The molecule has 0 unspecified atom stereocenters. The molecule has 4 rings (SSSR count). The van der Waals surface area contributed by atoms with Crippen LogP contribution in [0.3, 0.4) is 0 Å². The van der Waals surface area contributed by atoms with E-state index in [0.29, 0.717) is 25.6 Å². The van der Waals surface area contributed by atoms with Gasteiger partial charge in [0.05, 0.1) is 11.4 Å². The Morgan fingerprint density at radius 1 is 0.938 bits per heavy atom. The van der Waals surface area contributed by atoms with E-state index in [2.05, 4.69) is 14.9 Å². The molecule has 8 nitrogen and oxygen atoms in total. The number of rotatable bonds is 8. The molecular formula is C23H28N4O4S. The number of nitrogens with zero attached hydrogens (tertiary/aromatic N) is 2. The van der Waals surface area contributed by atoms with Gasteiger partial charge in [-0.3, -0.25) is 9.59 Å². The zero-order valence-corrected chi connectivity index (χ0v) is 18.7. The van der Waals surface area contributed by atoms with Gasteiger partial charge in [-0.25, -0.2) is 13.1 Å². The van der Waals surface area contributed by atoms with Gasteiger partial charge in [0.25, 0.3) is 5.91 Å². The third-order valence-corrected chi connectivity index (χ3v) is 7.24. The summed E-state index contributed by atoms with van der Waals surface area (Å²) < 4.78 is 27.5. The molecule has 2 fully saturated rings. The van der Waals surface area contributed by atoms with Crippen LogP contribution in [0, 0.1) is 5.92 Å². The van der Waals surface area contributed by atoms with Gasteiger partial charge in [-0.05, 0) is 49.1 Å². The Labute approximate surface area is 188 Å². The second-order valence-electron chi connectivity index (χ2n) is 8.21. The van der Waals surface area contributed by atoms with Gasteiger partial charge < -0.3 is 15.1 Å². The Bertz CT molecular complexity index is 1060. The number of piperazine rings is 1. The lowest BCUT2D eigenvalue weighted by molar-refractivity contribution is -0.130. The highest BCUT2D eigenvalue weighted by Crippen LogP contribution is 2.28. The summed E-state index contributed by atoms with van der Waals surface area (Å²) in [7, 11) is -3.66. The summed E-state index contributed by atoms with van der Waals surface area (Å²) >= 11 is 0. The average Bonchev–Trinajstić information content (AvgIpc) is 3.66. The molecule has 1 aliphatic carbocycles. The summed E-state index contributed by atoms with van der Waals surface area (Å²) in [6, 6.07) is 15.9. The molecular weight excluding hydrogens is 428 g/mol. The number of nitrogens with one attached hydrogen (secondary N) is 2. The predicted octanol–water partition coefficient (Wildman–Crippen LogP) is 1.45. The lowest BCUT2D eigenvalue weighted by Gasteiger charge is -2.36. The van der Waals surface area contributed by atoms with Gasteiger partial charge in [-0.1, -0.05) is 24.3 Å². The normalized spacial score (nSPS) is 16.6. The van der Waals surface area contributed by atoms with E-state index in [4.69, 9.17) is 0 Å². The number of hydrogen-bond donors (Lipinski definition) is 2. The second-order valence-corrected chi connectivity index (χ2v) is 9.98. The number of carbonyl (C=O) groups excluding carboxylic acids is 2. The van der Waals surface area contributed by atoms with Crippen LogP contribution in [0.15, 0.2) is 59.5 Å². The van der Waals surface area contributed by atoms with Crippen LogP contribution in [0.5, 0.6) is 0 Å². The molecule has 32 heavy (non-hydrogen) atoms. The quantitative estimate of drug-likeness (QED) is 0.627. The molecule has 2 amide bonds. The lowest BCUT2D eigenvalue weighted by atomic mass is 10.2. The van der Waals surface area contributed by atoms with E-state index in [0.717, 1.165) is 31.6 Å². The maximum atomic E-state index is 12.5. The molecule has 2 aromatic rings. The molecule has 2 aromatic carbocycles. The fourth-order valence-electron chi connectivity index (χ4n) is 3.66. The minimum Gasteiger partial charge on any atom is -0.368 e. The van der Waals surface area contributed by atoms with Gasteiger partial charge in [0.2, 0.25) is 15.9 Å². The average molecular weight is 457 g/mol. The summed E-state index contributed by atoms with van der Waals surface area (Å²) in [4.78, 5) is 29.1. The summed E-state index contributed by atoms with van der Waals surface area (Å²) in [6.07, 6.45) is 2.08. The highest BCUT2D eigenvalue weighted by molar-refractivity contribution is 7.89. The van der Waals surface area contributed by atoms with Crippen LogP contribution < -0.4 is 14.9 Å². The van der Waals surface area contributed by atoms with E-state index in [1.165, 1.54) is 18.2 Å². The van der Waals surface area contributed by atoms with Gasteiger partial charge in [0, 0.05) is 44.0 Å². The van der Waals surface area contributed by atoms with Crippen molar-refractivity contribution in [1.29, 1.82) is 0 Å². The number of sulfonamides is 1. The highest BCUT2D eigenvalue weighted by Gasteiger charge is 2.25. The van der Waals surface area contributed by atoms with E-state index in [1.54, 1.807) is 11.0 Å². The number of benzene rings is 2. The van der Waals surface area contributed by atoms with Crippen molar-refractivity contribution < 1.29 is 18.0 Å². The van der Waals surface area contributed by atoms with Crippen LogP contribution >= 0.6 is 0 Å². The fraction of sp³-hybridized carbons (Fsp3) is 0.391. The first-order chi connectivity index (χ1) is 15.4. The van der Waals surface area contributed by atoms with Crippen LogP contribution in [0.2, 0.25) is 0 Å². The Morgan fingerprint density at radius 3 is 2.34 bits per heavy atom. The summed E-state index contributed by atoms with van der Waals surface area (Å²) in [6.45, 7) is 2.94. The van der Waals surface area contributed by atoms with Crippen molar-refractivity contribution >= 4 is 27.5 Å². The standard InChI is InChI=1S/C23H28N4O4S/c28-22(27-13-11-26(12-14-27)20-6-2-1-3-7-20)17-24-23(29)19-5-4-8-21(15-19)32(30,31)25-16-18-9-10-18/h1-8,15,18,25H,9-14,16-17H2,(H,24,29). The van der Waals surface area contributed by atoms with Crippen molar-refractivity contribution in [3.63, 3.8) is 0 Å². The number of amides is 2. The number of carbonyl (C=O) groups is 2. The molecule has 1 heterocycles. The van der Waals surface area contributed by atoms with Gasteiger partial charge in [-0.2, -0.15) is 0 Å². The first kappa shape index (κ1) is 22.3. The van der Waals surface area contributed by atoms with Crippen molar-refractivity contribution in [2.45, 2.75) is 17.7 Å². The third kappa shape index (κ3) is 5.66. The summed E-state index contributed by atoms with van der Waals surface area (Å²) in [5.41, 5.74) is 1.34. The zero-order valence-electron chi connectivity index (χ0n) is 17.9. The predicted molar refractivity (Wildman–Crippen MR) is 122 cm³/mol. The molecule has 1 aliphatic heterocycles. The molecule has 1 saturated heterocycles. The Balaban J connectivity index is 1.27. The van der Waals surface area contributed by atoms with Crippen molar-refractivity contribution in [3.8, 4) is 0 Å². The Morgan fingerprint density at radius 2 is 1.66 bits per heavy atom. The fourth-order valence-corrected chi connectivity index (χ4v) is 4.82. The van der Waals surface area contributed by atoms with Crippen LogP contribution in [0.4, 0.5) is 5.69 Å². The van der Waals surface area contributed by atoms with Gasteiger partial charge in [0.1, 0.15) is 0 Å². The van der Waals surface area contributed by atoms with Crippen molar-refractivity contribution in [1.82, 2.24) is 14.9 Å². The van der Waals surface area contributed by atoms with Crippen LogP contribution in [0.1, 0.15) is 23.2 Å². The van der Waals surface area contributed by atoms with E-state index in [1.807, 2.05) is 30.3 Å². The SMILES string of the molecule is O=C(NCC(=O)N1CCN(c2ccccc2)CC1)c1cccc(S(=O)(=O)NCC2CC2)c1. The summed E-state index contributed by atoms with van der Waals surface area (Å²) in [5, 5.41) is 2.62. The van der Waals surface area contributed by atoms with Crippen molar-refractivity contribution in [2.75, 3.05) is 44.2 Å². The maximum absolute atomic E-state index is 12.5. The second kappa shape index (κ2) is 9.70.